The molecule has 0 radical (unpaired) electrons. The molecule has 2 unspecified atom stereocenters. The first kappa shape index (κ1) is 21.6. The molecule has 3 aliphatic rings. The molecule has 3 aromatic carbocycles. The standard InChI is InChI=1S/C29H26N2O4/c32-27-26(23-8-4-5-9-24(23)30-27)19-12-14-31(15-13-19)28(33)20-10-11-22-21(16-20)17-25(35-29(22)34)18-6-2-1-3-7-18/h1-11,16,19,25-26H,12-15,17H2,(H,30,32). The molecule has 6 rings (SSSR count). The maximum absolute atomic E-state index is 13.3. The van der Waals surface area contributed by atoms with Crippen LogP contribution in [0.15, 0.2) is 72.8 Å². The van der Waals surface area contributed by atoms with Gasteiger partial charge in [0.05, 0.1) is 11.5 Å². The lowest BCUT2D eigenvalue weighted by molar-refractivity contribution is -0.118. The molecule has 0 aliphatic carbocycles. The van der Waals surface area contributed by atoms with E-state index in [1.165, 1.54) is 0 Å². The Balaban J connectivity index is 1.16. The number of anilines is 1. The smallest absolute Gasteiger partial charge is 0.339 e. The van der Waals surface area contributed by atoms with Crippen LogP contribution in [0.4, 0.5) is 5.69 Å². The van der Waals surface area contributed by atoms with Crippen LogP contribution in [0.3, 0.4) is 0 Å². The molecule has 3 heterocycles. The number of benzene rings is 3. The zero-order valence-corrected chi connectivity index (χ0v) is 19.3. The summed E-state index contributed by atoms with van der Waals surface area (Å²) in [5.41, 5.74) is 4.88. The lowest BCUT2D eigenvalue weighted by Gasteiger charge is -2.34. The van der Waals surface area contributed by atoms with Crippen LogP contribution in [-0.4, -0.2) is 35.8 Å². The number of esters is 1. The summed E-state index contributed by atoms with van der Waals surface area (Å²) in [5.74, 6) is -0.251. The van der Waals surface area contributed by atoms with Gasteiger partial charge in [-0.2, -0.15) is 0 Å². The van der Waals surface area contributed by atoms with Crippen molar-refractivity contribution in [2.75, 3.05) is 18.4 Å². The molecule has 0 aromatic heterocycles. The summed E-state index contributed by atoms with van der Waals surface area (Å²) >= 11 is 0. The highest BCUT2D eigenvalue weighted by Gasteiger charge is 2.39. The summed E-state index contributed by atoms with van der Waals surface area (Å²) in [6, 6.07) is 22.8. The molecule has 1 saturated heterocycles. The third kappa shape index (κ3) is 3.89. The molecule has 0 saturated carbocycles. The van der Waals surface area contributed by atoms with Crippen molar-refractivity contribution in [3.63, 3.8) is 0 Å². The predicted octanol–water partition coefficient (Wildman–Crippen LogP) is 4.73. The van der Waals surface area contributed by atoms with Crippen LogP contribution in [0.25, 0.3) is 0 Å². The first-order valence-corrected chi connectivity index (χ1v) is 12.2. The minimum Gasteiger partial charge on any atom is -0.454 e. The van der Waals surface area contributed by atoms with Gasteiger partial charge in [-0.25, -0.2) is 4.79 Å². The zero-order valence-electron chi connectivity index (χ0n) is 19.3. The number of nitrogens with one attached hydrogen (secondary N) is 1. The molecule has 3 aromatic rings. The number of carbonyl (C=O) groups is 3. The first-order chi connectivity index (χ1) is 17.1. The SMILES string of the molecule is O=C1OC(c2ccccc2)Cc2cc(C(=O)N3CCC(C4C(=O)Nc5ccccc54)CC3)ccc21. The molecule has 2 atom stereocenters. The summed E-state index contributed by atoms with van der Waals surface area (Å²) in [6.45, 7) is 1.22. The summed E-state index contributed by atoms with van der Waals surface area (Å²) in [4.78, 5) is 40.4. The lowest BCUT2D eigenvalue weighted by atomic mass is 9.80. The average Bonchev–Trinajstić information content (AvgIpc) is 3.24. The number of para-hydroxylation sites is 1. The maximum Gasteiger partial charge on any atom is 0.339 e. The van der Waals surface area contributed by atoms with Gasteiger partial charge in [-0.1, -0.05) is 48.5 Å². The molecule has 0 bridgehead atoms. The number of fused-ring (bicyclic) bond motifs is 2. The van der Waals surface area contributed by atoms with E-state index < -0.39 is 0 Å². The molecule has 0 spiro atoms. The van der Waals surface area contributed by atoms with Gasteiger partial charge in [-0.05, 0) is 59.7 Å². The van der Waals surface area contributed by atoms with E-state index in [9.17, 15) is 14.4 Å². The number of rotatable bonds is 3. The Morgan fingerprint density at radius 1 is 0.914 bits per heavy atom. The molecule has 1 N–H and O–H groups in total. The number of ether oxygens (including phenoxy) is 1. The Morgan fingerprint density at radius 2 is 1.66 bits per heavy atom. The van der Waals surface area contributed by atoms with Crippen LogP contribution in [0.1, 0.15) is 62.3 Å². The van der Waals surface area contributed by atoms with Gasteiger partial charge in [0.25, 0.3) is 5.91 Å². The summed E-state index contributed by atoms with van der Waals surface area (Å²) < 4.78 is 5.64. The van der Waals surface area contributed by atoms with Crippen LogP contribution >= 0.6 is 0 Å². The van der Waals surface area contributed by atoms with E-state index in [4.69, 9.17) is 4.74 Å². The van der Waals surface area contributed by atoms with Crippen molar-refractivity contribution in [2.45, 2.75) is 31.3 Å². The molecular weight excluding hydrogens is 440 g/mol. The van der Waals surface area contributed by atoms with Crippen molar-refractivity contribution in [1.29, 1.82) is 0 Å². The third-order valence-corrected chi connectivity index (χ3v) is 7.53. The number of nitrogens with zero attached hydrogens (tertiary/aromatic N) is 1. The summed E-state index contributed by atoms with van der Waals surface area (Å²) in [7, 11) is 0. The van der Waals surface area contributed by atoms with Gasteiger partial charge in [0.2, 0.25) is 5.91 Å². The third-order valence-electron chi connectivity index (χ3n) is 7.53. The summed E-state index contributed by atoms with van der Waals surface area (Å²) in [6.07, 6.45) is 1.76. The van der Waals surface area contributed by atoms with E-state index in [1.54, 1.807) is 12.1 Å². The average molecular weight is 467 g/mol. The Bertz CT molecular complexity index is 1310. The van der Waals surface area contributed by atoms with Crippen LogP contribution in [0.5, 0.6) is 0 Å². The first-order valence-electron chi connectivity index (χ1n) is 12.2. The highest BCUT2D eigenvalue weighted by atomic mass is 16.5. The largest absolute Gasteiger partial charge is 0.454 e. The van der Waals surface area contributed by atoms with Gasteiger partial charge in [0, 0.05) is 30.8 Å². The molecule has 6 nitrogen and oxygen atoms in total. The minimum absolute atomic E-state index is 0.0299. The maximum atomic E-state index is 13.3. The van der Waals surface area contributed by atoms with Gasteiger partial charge in [0.15, 0.2) is 0 Å². The summed E-state index contributed by atoms with van der Waals surface area (Å²) in [5, 5.41) is 3.00. The normalized spacial score (nSPS) is 21.7. The highest BCUT2D eigenvalue weighted by molar-refractivity contribution is 6.03. The van der Waals surface area contributed by atoms with Crippen LogP contribution in [0.2, 0.25) is 0 Å². The van der Waals surface area contributed by atoms with E-state index in [-0.39, 0.29) is 35.7 Å². The number of amides is 2. The van der Waals surface area contributed by atoms with Crippen LogP contribution < -0.4 is 5.32 Å². The van der Waals surface area contributed by atoms with Crippen LogP contribution in [0, 0.1) is 5.92 Å². The number of piperidine rings is 1. The second-order valence-corrected chi connectivity index (χ2v) is 9.56. The van der Waals surface area contributed by atoms with Gasteiger partial charge >= 0.3 is 5.97 Å². The van der Waals surface area contributed by atoms with E-state index in [0.717, 1.165) is 35.2 Å². The van der Waals surface area contributed by atoms with Crippen molar-refractivity contribution in [2.24, 2.45) is 5.92 Å². The molecular formula is C29H26N2O4. The molecule has 35 heavy (non-hydrogen) atoms. The van der Waals surface area contributed by atoms with Gasteiger partial charge in [0.1, 0.15) is 6.10 Å². The van der Waals surface area contributed by atoms with E-state index in [1.807, 2.05) is 65.6 Å². The molecule has 3 aliphatic heterocycles. The second-order valence-electron chi connectivity index (χ2n) is 9.56. The Kier molecular flexibility index (Phi) is 5.36. The van der Waals surface area contributed by atoms with Crippen molar-refractivity contribution in [3.8, 4) is 0 Å². The van der Waals surface area contributed by atoms with Crippen LogP contribution in [-0.2, 0) is 16.0 Å². The van der Waals surface area contributed by atoms with Gasteiger partial charge in [-0.3, -0.25) is 9.59 Å². The van der Waals surface area contributed by atoms with E-state index in [0.29, 0.717) is 30.6 Å². The Labute approximate surface area is 203 Å². The predicted molar refractivity (Wildman–Crippen MR) is 131 cm³/mol. The number of cyclic esters (lactones) is 1. The monoisotopic (exact) mass is 466 g/mol. The number of hydrogen-bond acceptors (Lipinski definition) is 4. The molecule has 1 fully saturated rings. The molecule has 176 valence electrons. The highest BCUT2D eigenvalue weighted by Crippen LogP contribution is 2.41. The van der Waals surface area contributed by atoms with Gasteiger partial charge < -0.3 is 15.0 Å². The number of carbonyl (C=O) groups excluding carboxylic acids is 3. The Morgan fingerprint density at radius 3 is 2.46 bits per heavy atom. The fourth-order valence-electron chi connectivity index (χ4n) is 5.70. The molecule has 2 amide bonds. The van der Waals surface area contributed by atoms with Crippen molar-refractivity contribution in [3.05, 3.63) is 101 Å². The van der Waals surface area contributed by atoms with Crippen molar-refractivity contribution >= 4 is 23.5 Å². The fraction of sp³-hybridized carbons (Fsp3) is 0.276. The lowest BCUT2D eigenvalue weighted by Crippen LogP contribution is -2.40. The number of likely N-dealkylation sites (tertiary alicyclic amines) is 1. The van der Waals surface area contributed by atoms with E-state index >= 15 is 0 Å². The minimum atomic E-state index is -0.352. The topological polar surface area (TPSA) is 75.7 Å². The van der Waals surface area contributed by atoms with Gasteiger partial charge in [-0.15, -0.1) is 0 Å². The Hall–Kier alpha value is -3.93. The molecule has 6 heteroatoms. The quantitative estimate of drug-likeness (QED) is 0.567. The fourth-order valence-corrected chi connectivity index (χ4v) is 5.70. The number of hydrogen-bond donors (Lipinski definition) is 1. The zero-order chi connectivity index (χ0) is 23.9. The van der Waals surface area contributed by atoms with Crippen molar-refractivity contribution in [1.82, 2.24) is 4.90 Å². The van der Waals surface area contributed by atoms with Crippen molar-refractivity contribution < 1.29 is 19.1 Å². The second kappa shape index (κ2) is 8.69. The van der Waals surface area contributed by atoms with E-state index in [2.05, 4.69) is 5.32 Å².